The van der Waals surface area contributed by atoms with E-state index in [9.17, 15) is 22.8 Å². The van der Waals surface area contributed by atoms with Crippen molar-refractivity contribution in [3.8, 4) is 0 Å². The monoisotopic (exact) mass is 230 g/mol. The van der Waals surface area contributed by atoms with Gasteiger partial charge in [0.25, 0.3) is 5.78 Å². The van der Waals surface area contributed by atoms with Crippen LogP contribution in [-0.4, -0.2) is 17.7 Å². The van der Waals surface area contributed by atoms with Gasteiger partial charge in [0.1, 0.15) is 0 Å². The summed E-state index contributed by atoms with van der Waals surface area (Å²) in [6, 6.07) is 4.48. The Morgan fingerprint density at radius 1 is 1.06 bits per heavy atom. The fourth-order valence-corrected chi connectivity index (χ4v) is 1.18. The minimum Gasteiger partial charge on any atom is -0.294 e. The van der Waals surface area contributed by atoms with Gasteiger partial charge in [-0.2, -0.15) is 13.2 Å². The van der Waals surface area contributed by atoms with E-state index in [1.54, 1.807) is 6.92 Å². The Labute approximate surface area is 90.1 Å². The molecule has 2 nitrogen and oxygen atoms in total. The van der Waals surface area contributed by atoms with Crippen LogP contribution in [0, 0.1) is 0 Å². The highest BCUT2D eigenvalue weighted by molar-refractivity contribution is 6.02. The molecule has 0 radical (unpaired) electrons. The third kappa shape index (κ3) is 2.68. The Morgan fingerprint density at radius 2 is 1.50 bits per heavy atom. The fourth-order valence-electron chi connectivity index (χ4n) is 1.18. The predicted octanol–water partition coefficient (Wildman–Crippen LogP) is 3.02. The first kappa shape index (κ1) is 12.4. The lowest BCUT2D eigenvalue weighted by molar-refractivity contribution is -0.0885. The van der Waals surface area contributed by atoms with Gasteiger partial charge < -0.3 is 0 Å². The predicted molar refractivity (Wildman–Crippen MR) is 51.4 cm³/mol. The van der Waals surface area contributed by atoms with Gasteiger partial charge in [-0.1, -0.05) is 31.2 Å². The third-order valence-corrected chi connectivity index (χ3v) is 2.05. The summed E-state index contributed by atoms with van der Waals surface area (Å²) in [5.74, 6) is -2.07. The van der Waals surface area contributed by atoms with Crippen molar-refractivity contribution in [3.05, 3.63) is 35.4 Å². The van der Waals surface area contributed by atoms with Crippen LogP contribution in [0.4, 0.5) is 13.2 Å². The third-order valence-electron chi connectivity index (χ3n) is 2.05. The lowest BCUT2D eigenvalue weighted by atomic mass is 10.0. The first-order valence-corrected chi connectivity index (χ1v) is 4.61. The van der Waals surface area contributed by atoms with Gasteiger partial charge in [-0.3, -0.25) is 9.59 Å². The van der Waals surface area contributed by atoms with Gasteiger partial charge in [-0.05, 0) is 0 Å². The average molecular weight is 230 g/mol. The van der Waals surface area contributed by atoms with Crippen molar-refractivity contribution in [1.82, 2.24) is 0 Å². The number of hydrogen-bond donors (Lipinski definition) is 0. The lowest BCUT2D eigenvalue weighted by Crippen LogP contribution is -2.22. The minimum atomic E-state index is -4.88. The molecule has 1 aromatic carbocycles. The molecule has 0 bridgehead atoms. The summed E-state index contributed by atoms with van der Waals surface area (Å²) >= 11 is 0. The van der Waals surface area contributed by atoms with Crippen LogP contribution in [0.2, 0.25) is 0 Å². The van der Waals surface area contributed by atoms with Crippen LogP contribution in [0.15, 0.2) is 24.3 Å². The van der Waals surface area contributed by atoms with Gasteiger partial charge in [0.2, 0.25) is 0 Å². The van der Waals surface area contributed by atoms with Crippen LogP contribution in [0.25, 0.3) is 0 Å². The molecule has 0 fully saturated rings. The van der Waals surface area contributed by atoms with Crippen LogP contribution >= 0.6 is 0 Å². The van der Waals surface area contributed by atoms with Gasteiger partial charge >= 0.3 is 6.18 Å². The number of halogens is 3. The van der Waals surface area contributed by atoms with E-state index < -0.39 is 17.5 Å². The van der Waals surface area contributed by atoms with Crippen molar-refractivity contribution < 1.29 is 22.8 Å². The highest BCUT2D eigenvalue weighted by Gasteiger charge is 2.39. The molecule has 0 heterocycles. The van der Waals surface area contributed by atoms with E-state index in [2.05, 4.69) is 0 Å². The van der Waals surface area contributed by atoms with E-state index in [1.165, 1.54) is 12.1 Å². The standard InChI is InChI=1S/C11H9F3O2/c1-2-9(15)7-3-5-8(6-4-7)10(16)11(12,13)14/h3-6H,2H2,1H3. The van der Waals surface area contributed by atoms with Gasteiger partial charge in [0.15, 0.2) is 5.78 Å². The number of hydrogen-bond acceptors (Lipinski definition) is 2. The van der Waals surface area contributed by atoms with Crippen molar-refractivity contribution in [3.63, 3.8) is 0 Å². The molecule has 16 heavy (non-hydrogen) atoms. The molecule has 0 spiro atoms. The Kier molecular flexibility index (Phi) is 3.47. The summed E-state index contributed by atoms with van der Waals surface area (Å²) in [6.45, 7) is 1.65. The van der Waals surface area contributed by atoms with E-state index in [0.717, 1.165) is 12.1 Å². The molecule has 5 heteroatoms. The van der Waals surface area contributed by atoms with Crippen LogP contribution in [-0.2, 0) is 0 Å². The van der Waals surface area contributed by atoms with E-state index in [1.807, 2.05) is 0 Å². The maximum Gasteiger partial charge on any atom is 0.454 e. The van der Waals surface area contributed by atoms with Gasteiger partial charge in [0.05, 0.1) is 0 Å². The maximum absolute atomic E-state index is 12.0. The molecule has 0 amide bonds. The Hall–Kier alpha value is -1.65. The smallest absolute Gasteiger partial charge is 0.294 e. The average Bonchev–Trinajstić information content (AvgIpc) is 2.26. The summed E-state index contributed by atoms with van der Waals surface area (Å²) in [6.07, 6.45) is -4.61. The van der Waals surface area contributed by atoms with Gasteiger partial charge in [-0.25, -0.2) is 0 Å². The molecule has 86 valence electrons. The summed E-state index contributed by atoms with van der Waals surface area (Å²) in [7, 11) is 0. The molecule has 0 aromatic heterocycles. The number of Topliss-reactive ketones (excluding diaryl/α,β-unsaturated/α-hetero) is 2. The normalized spacial score (nSPS) is 11.2. The molecule has 0 saturated heterocycles. The molecule has 0 aliphatic rings. The Morgan fingerprint density at radius 3 is 1.88 bits per heavy atom. The second-order valence-electron chi connectivity index (χ2n) is 3.18. The lowest BCUT2D eigenvalue weighted by Gasteiger charge is -2.05. The fraction of sp³-hybridized carbons (Fsp3) is 0.273. The van der Waals surface area contributed by atoms with Crippen molar-refractivity contribution in [2.24, 2.45) is 0 Å². The highest BCUT2D eigenvalue weighted by Crippen LogP contribution is 2.21. The first-order valence-electron chi connectivity index (χ1n) is 4.61. The summed E-state index contributed by atoms with van der Waals surface area (Å²) < 4.78 is 36.1. The maximum atomic E-state index is 12.0. The zero-order chi connectivity index (χ0) is 12.3. The molecule has 0 unspecified atom stereocenters. The van der Waals surface area contributed by atoms with Crippen LogP contribution in [0.3, 0.4) is 0 Å². The largest absolute Gasteiger partial charge is 0.454 e. The number of ketones is 2. The number of alkyl halides is 3. The number of benzene rings is 1. The quantitative estimate of drug-likeness (QED) is 0.748. The molecule has 1 aromatic rings. The molecule has 0 N–H and O–H groups in total. The van der Waals surface area contributed by atoms with Crippen LogP contribution in [0.1, 0.15) is 34.1 Å². The Bertz CT molecular complexity index is 404. The first-order chi connectivity index (χ1) is 7.36. The molecule has 0 aliphatic heterocycles. The number of carbonyl (C=O) groups is 2. The second kappa shape index (κ2) is 4.47. The van der Waals surface area contributed by atoms with Crippen LogP contribution < -0.4 is 0 Å². The van der Waals surface area contributed by atoms with Crippen LogP contribution in [0.5, 0.6) is 0 Å². The summed E-state index contributed by atoms with van der Waals surface area (Å²) in [5.41, 5.74) is -0.152. The number of rotatable bonds is 3. The highest BCUT2D eigenvalue weighted by atomic mass is 19.4. The molecular formula is C11H9F3O2. The SMILES string of the molecule is CCC(=O)c1ccc(C(=O)C(F)(F)F)cc1. The molecule has 0 atom stereocenters. The van der Waals surface area contributed by atoms with E-state index in [0.29, 0.717) is 5.56 Å². The van der Waals surface area contributed by atoms with E-state index in [-0.39, 0.29) is 12.2 Å². The van der Waals surface area contributed by atoms with Gasteiger partial charge in [0, 0.05) is 17.5 Å². The van der Waals surface area contributed by atoms with Crippen molar-refractivity contribution in [1.29, 1.82) is 0 Å². The minimum absolute atomic E-state index is 0.175. The Balaban J connectivity index is 2.96. The van der Waals surface area contributed by atoms with E-state index >= 15 is 0 Å². The molecule has 0 aliphatic carbocycles. The molecule has 0 saturated carbocycles. The van der Waals surface area contributed by atoms with Crippen molar-refractivity contribution >= 4 is 11.6 Å². The molecular weight excluding hydrogens is 221 g/mol. The number of carbonyl (C=O) groups excluding carboxylic acids is 2. The zero-order valence-corrected chi connectivity index (χ0v) is 8.47. The van der Waals surface area contributed by atoms with Gasteiger partial charge in [-0.15, -0.1) is 0 Å². The summed E-state index contributed by atoms with van der Waals surface area (Å²) in [5, 5.41) is 0. The van der Waals surface area contributed by atoms with Crippen molar-refractivity contribution in [2.75, 3.05) is 0 Å². The van der Waals surface area contributed by atoms with E-state index in [4.69, 9.17) is 0 Å². The summed E-state index contributed by atoms with van der Waals surface area (Å²) in [4.78, 5) is 22.0. The zero-order valence-electron chi connectivity index (χ0n) is 8.47. The van der Waals surface area contributed by atoms with Crippen molar-refractivity contribution in [2.45, 2.75) is 19.5 Å². The topological polar surface area (TPSA) is 34.1 Å². The second-order valence-corrected chi connectivity index (χ2v) is 3.18. The molecule has 1 rings (SSSR count).